The first-order valence-corrected chi connectivity index (χ1v) is 8.86. The lowest BCUT2D eigenvalue weighted by Crippen LogP contribution is -2.47. The van der Waals surface area contributed by atoms with Gasteiger partial charge in [-0.15, -0.1) is 0 Å². The molecule has 0 amide bonds. The van der Waals surface area contributed by atoms with Crippen LogP contribution in [0.15, 0.2) is 36.4 Å². The van der Waals surface area contributed by atoms with Gasteiger partial charge in [0, 0.05) is 18.4 Å². The quantitative estimate of drug-likeness (QED) is 0.534. The number of aryl methyl sites for hydroxylation is 4. The van der Waals surface area contributed by atoms with Crippen molar-refractivity contribution in [3.05, 3.63) is 58.7 Å². The van der Waals surface area contributed by atoms with Crippen LogP contribution >= 0.6 is 24.4 Å². The van der Waals surface area contributed by atoms with E-state index < -0.39 is 0 Å². The van der Waals surface area contributed by atoms with Crippen LogP contribution in [0.2, 0.25) is 0 Å². The molecule has 2 aromatic carbocycles. The molecule has 0 heterocycles. The Morgan fingerprint density at radius 3 is 1.60 bits per heavy atom. The lowest BCUT2D eigenvalue weighted by Gasteiger charge is -2.25. The molecule has 3 N–H and O–H groups in total. The number of benzene rings is 2. The van der Waals surface area contributed by atoms with Crippen LogP contribution in [-0.4, -0.2) is 22.3 Å². The van der Waals surface area contributed by atoms with Crippen molar-refractivity contribution in [2.45, 2.75) is 27.7 Å². The van der Waals surface area contributed by atoms with Crippen molar-refractivity contribution in [1.29, 1.82) is 0 Å². The maximum atomic E-state index is 5.48. The molecule has 0 unspecified atom stereocenters. The van der Waals surface area contributed by atoms with Gasteiger partial charge in [-0.2, -0.15) is 0 Å². The summed E-state index contributed by atoms with van der Waals surface area (Å²) in [4.78, 5) is 0. The summed E-state index contributed by atoms with van der Waals surface area (Å²) in [7, 11) is 1.83. The van der Waals surface area contributed by atoms with Crippen molar-refractivity contribution < 1.29 is 0 Å². The average molecular weight is 373 g/mol. The van der Waals surface area contributed by atoms with Gasteiger partial charge >= 0.3 is 0 Å². The number of hydrogen-bond acceptors (Lipinski definition) is 2. The van der Waals surface area contributed by atoms with Crippen LogP contribution in [0.3, 0.4) is 0 Å². The number of hydrogen-bond donors (Lipinski definition) is 3. The Kier molecular flexibility index (Phi) is 6.33. The molecule has 6 heteroatoms. The lowest BCUT2D eigenvalue weighted by atomic mass is 10.1. The second-order valence-electron chi connectivity index (χ2n) is 6.09. The predicted octanol–water partition coefficient (Wildman–Crippen LogP) is 4.45. The predicted molar refractivity (Wildman–Crippen MR) is 115 cm³/mol. The van der Waals surface area contributed by atoms with Gasteiger partial charge in [-0.25, -0.2) is 0 Å². The highest BCUT2D eigenvalue weighted by atomic mass is 32.1. The Labute approximate surface area is 160 Å². The van der Waals surface area contributed by atoms with E-state index in [0.29, 0.717) is 10.2 Å². The summed E-state index contributed by atoms with van der Waals surface area (Å²) in [5.74, 6) is 0. The highest BCUT2D eigenvalue weighted by Gasteiger charge is 2.10. The molecule has 0 radical (unpaired) electrons. The Morgan fingerprint density at radius 2 is 1.16 bits per heavy atom. The van der Waals surface area contributed by atoms with E-state index in [1.165, 1.54) is 0 Å². The van der Waals surface area contributed by atoms with Crippen molar-refractivity contribution in [3.8, 4) is 0 Å². The number of para-hydroxylation sites is 2. The molecule has 0 saturated carbocycles. The van der Waals surface area contributed by atoms with Crippen molar-refractivity contribution in [2.24, 2.45) is 0 Å². The van der Waals surface area contributed by atoms with Gasteiger partial charge in [0.2, 0.25) is 0 Å². The van der Waals surface area contributed by atoms with Crippen molar-refractivity contribution in [1.82, 2.24) is 10.4 Å². The molecular formula is C19H24N4S2. The molecule has 0 spiro atoms. The molecule has 2 aromatic rings. The Balaban J connectivity index is 2.00. The summed E-state index contributed by atoms with van der Waals surface area (Å²) in [5.41, 5.74) is 9.70. The van der Waals surface area contributed by atoms with Crippen LogP contribution in [0.4, 0.5) is 11.4 Å². The summed E-state index contributed by atoms with van der Waals surface area (Å²) in [6.45, 7) is 8.21. The third-order valence-corrected chi connectivity index (χ3v) is 4.58. The van der Waals surface area contributed by atoms with E-state index in [-0.39, 0.29) is 0 Å². The van der Waals surface area contributed by atoms with Gasteiger partial charge in [0.15, 0.2) is 10.2 Å². The SMILES string of the molecule is Cc1cccc(C)c1NC(=S)NN(C)C(=S)Nc1c(C)cccc1C. The molecule has 0 bridgehead atoms. The van der Waals surface area contributed by atoms with Crippen LogP contribution in [-0.2, 0) is 0 Å². The van der Waals surface area contributed by atoms with Gasteiger partial charge < -0.3 is 10.6 Å². The molecule has 0 fully saturated rings. The first-order chi connectivity index (χ1) is 11.8. The van der Waals surface area contributed by atoms with E-state index >= 15 is 0 Å². The molecule has 4 nitrogen and oxygen atoms in total. The summed E-state index contributed by atoms with van der Waals surface area (Å²) in [6.07, 6.45) is 0. The largest absolute Gasteiger partial charge is 0.331 e. The van der Waals surface area contributed by atoms with Crippen LogP contribution in [0, 0.1) is 27.7 Å². The molecule has 0 aliphatic heterocycles. The van der Waals surface area contributed by atoms with E-state index in [1.807, 2.05) is 19.2 Å². The molecule has 2 rings (SSSR count). The van der Waals surface area contributed by atoms with Gasteiger partial charge in [0.25, 0.3) is 0 Å². The van der Waals surface area contributed by atoms with Crippen LogP contribution in [0.1, 0.15) is 22.3 Å². The summed E-state index contributed by atoms with van der Waals surface area (Å²) < 4.78 is 0. The van der Waals surface area contributed by atoms with Gasteiger partial charge in [0.1, 0.15) is 0 Å². The Hall–Kier alpha value is -2.18. The lowest BCUT2D eigenvalue weighted by molar-refractivity contribution is 0.467. The van der Waals surface area contributed by atoms with E-state index in [2.05, 4.69) is 68.0 Å². The summed E-state index contributed by atoms with van der Waals surface area (Å²) >= 11 is 10.9. The first-order valence-electron chi connectivity index (χ1n) is 8.04. The fourth-order valence-electron chi connectivity index (χ4n) is 2.56. The number of thiocarbonyl (C=S) groups is 2. The van der Waals surface area contributed by atoms with Crippen molar-refractivity contribution in [3.63, 3.8) is 0 Å². The third kappa shape index (κ3) is 4.90. The van der Waals surface area contributed by atoms with E-state index in [1.54, 1.807) is 5.01 Å². The minimum absolute atomic E-state index is 0.491. The molecule has 0 aliphatic carbocycles. The number of anilines is 2. The molecule has 0 saturated heterocycles. The smallest absolute Gasteiger partial charge is 0.192 e. The Morgan fingerprint density at radius 1 is 0.760 bits per heavy atom. The van der Waals surface area contributed by atoms with Crippen LogP contribution in [0.5, 0.6) is 0 Å². The van der Waals surface area contributed by atoms with E-state index in [9.17, 15) is 0 Å². The maximum Gasteiger partial charge on any atom is 0.192 e. The van der Waals surface area contributed by atoms with Gasteiger partial charge in [-0.05, 0) is 74.4 Å². The fourth-order valence-corrected chi connectivity index (χ4v) is 2.95. The highest BCUT2D eigenvalue weighted by molar-refractivity contribution is 7.81. The van der Waals surface area contributed by atoms with Gasteiger partial charge in [-0.3, -0.25) is 10.4 Å². The number of rotatable bonds is 2. The average Bonchev–Trinajstić information content (AvgIpc) is 2.54. The highest BCUT2D eigenvalue weighted by Crippen LogP contribution is 2.20. The third-order valence-electron chi connectivity index (χ3n) is 4.01. The molecule has 0 aromatic heterocycles. The minimum atomic E-state index is 0.491. The minimum Gasteiger partial charge on any atom is -0.331 e. The molecule has 25 heavy (non-hydrogen) atoms. The van der Waals surface area contributed by atoms with Crippen molar-refractivity contribution >= 4 is 46.0 Å². The van der Waals surface area contributed by atoms with Gasteiger partial charge in [0.05, 0.1) is 0 Å². The zero-order valence-electron chi connectivity index (χ0n) is 15.2. The summed E-state index contributed by atoms with van der Waals surface area (Å²) in [5, 5.41) is 9.25. The standard InChI is InChI=1S/C19H24N4S2/c1-12-8-6-9-13(2)16(12)20-18(24)22-23(5)19(25)21-17-14(3)10-7-11-15(17)4/h6-11H,1-5H3,(H,21,25)(H2,20,22,24). The maximum absolute atomic E-state index is 5.48. The zero-order chi connectivity index (χ0) is 18.6. The second-order valence-corrected chi connectivity index (χ2v) is 6.88. The molecule has 132 valence electrons. The van der Waals surface area contributed by atoms with E-state index in [4.69, 9.17) is 24.4 Å². The van der Waals surface area contributed by atoms with Crippen molar-refractivity contribution in [2.75, 3.05) is 17.7 Å². The normalized spacial score (nSPS) is 10.1. The monoisotopic (exact) mass is 372 g/mol. The fraction of sp³-hybridized carbons (Fsp3) is 0.263. The van der Waals surface area contributed by atoms with Crippen LogP contribution < -0.4 is 16.1 Å². The second kappa shape index (κ2) is 8.27. The number of hydrazine groups is 1. The Bertz CT molecular complexity index is 762. The first kappa shape index (κ1) is 19.1. The number of nitrogens with one attached hydrogen (secondary N) is 3. The molecular weight excluding hydrogens is 348 g/mol. The van der Waals surface area contributed by atoms with E-state index in [0.717, 1.165) is 33.6 Å². The van der Waals surface area contributed by atoms with Crippen LogP contribution in [0.25, 0.3) is 0 Å². The number of nitrogens with zero attached hydrogens (tertiary/aromatic N) is 1. The van der Waals surface area contributed by atoms with Gasteiger partial charge in [-0.1, -0.05) is 36.4 Å². The zero-order valence-corrected chi connectivity index (χ0v) is 16.9. The molecule has 0 atom stereocenters. The summed E-state index contributed by atoms with van der Waals surface area (Å²) in [6, 6.07) is 12.3. The molecule has 0 aliphatic rings. The topological polar surface area (TPSA) is 39.3 Å².